The molecule has 0 saturated carbocycles. The molecule has 1 amide bonds. The number of ether oxygens (including phenoxy) is 1. The molecule has 0 bridgehead atoms. The first-order valence-electron chi connectivity index (χ1n) is 6.11. The van der Waals surface area contributed by atoms with Crippen molar-refractivity contribution in [3.05, 3.63) is 23.5 Å². The van der Waals surface area contributed by atoms with Crippen molar-refractivity contribution in [1.29, 1.82) is 0 Å². The van der Waals surface area contributed by atoms with E-state index in [-0.39, 0.29) is 5.91 Å². The van der Waals surface area contributed by atoms with Gasteiger partial charge in [-0.1, -0.05) is 0 Å². The number of pyridine rings is 1. The Balaban J connectivity index is 2.11. The lowest BCUT2D eigenvalue weighted by molar-refractivity contribution is 0.0658. The van der Waals surface area contributed by atoms with Crippen LogP contribution >= 0.6 is 0 Å². The fraction of sp³-hybridized carbons (Fsp3) is 0.538. The summed E-state index contributed by atoms with van der Waals surface area (Å²) in [5, 5.41) is 0. The SMILES string of the molecule is COc1ccc(C(=O)N2CCN(C)CC2)nc1C. The lowest BCUT2D eigenvalue weighted by atomic mass is 10.2. The number of nitrogens with zero attached hydrogens (tertiary/aromatic N) is 3. The number of likely N-dealkylation sites (N-methyl/N-ethyl adjacent to an activating group) is 1. The first-order valence-corrected chi connectivity index (χ1v) is 6.11. The van der Waals surface area contributed by atoms with Crippen molar-refractivity contribution in [2.24, 2.45) is 0 Å². The number of piperazine rings is 1. The van der Waals surface area contributed by atoms with Crippen molar-refractivity contribution in [2.45, 2.75) is 6.92 Å². The quantitative estimate of drug-likeness (QED) is 0.777. The summed E-state index contributed by atoms with van der Waals surface area (Å²) in [6.07, 6.45) is 0. The van der Waals surface area contributed by atoms with E-state index in [1.54, 1.807) is 19.2 Å². The number of aryl methyl sites for hydroxylation is 1. The molecule has 0 unspecified atom stereocenters. The minimum atomic E-state index is 0.00820. The molecule has 0 radical (unpaired) electrons. The first-order chi connectivity index (χ1) is 8.61. The Labute approximate surface area is 107 Å². The van der Waals surface area contributed by atoms with Gasteiger partial charge in [-0.05, 0) is 26.1 Å². The van der Waals surface area contributed by atoms with E-state index in [4.69, 9.17) is 4.74 Å². The van der Waals surface area contributed by atoms with Gasteiger partial charge in [0.15, 0.2) is 0 Å². The minimum Gasteiger partial charge on any atom is -0.495 e. The van der Waals surface area contributed by atoms with Gasteiger partial charge in [0.1, 0.15) is 11.4 Å². The van der Waals surface area contributed by atoms with Gasteiger partial charge in [-0.25, -0.2) is 4.98 Å². The van der Waals surface area contributed by atoms with Gasteiger partial charge >= 0.3 is 0 Å². The molecule has 0 N–H and O–H groups in total. The second kappa shape index (κ2) is 5.35. The monoisotopic (exact) mass is 249 g/mol. The van der Waals surface area contributed by atoms with Crippen LogP contribution in [0.4, 0.5) is 0 Å². The second-order valence-electron chi connectivity index (χ2n) is 4.58. The molecule has 0 atom stereocenters. The molecule has 2 rings (SSSR count). The smallest absolute Gasteiger partial charge is 0.272 e. The molecule has 98 valence electrons. The summed E-state index contributed by atoms with van der Waals surface area (Å²) in [6, 6.07) is 3.53. The van der Waals surface area contributed by atoms with Crippen LogP contribution in [0.25, 0.3) is 0 Å². The Morgan fingerprint density at radius 2 is 1.94 bits per heavy atom. The lowest BCUT2D eigenvalue weighted by Crippen LogP contribution is -2.47. The summed E-state index contributed by atoms with van der Waals surface area (Å²) >= 11 is 0. The highest BCUT2D eigenvalue weighted by atomic mass is 16.5. The third kappa shape index (κ3) is 2.61. The van der Waals surface area contributed by atoms with E-state index in [0.717, 1.165) is 31.9 Å². The lowest BCUT2D eigenvalue weighted by Gasteiger charge is -2.32. The largest absolute Gasteiger partial charge is 0.495 e. The summed E-state index contributed by atoms with van der Waals surface area (Å²) in [7, 11) is 3.67. The molecule has 1 aliphatic heterocycles. The molecule has 1 aromatic heterocycles. The molecule has 0 aromatic carbocycles. The zero-order chi connectivity index (χ0) is 13.1. The molecular weight excluding hydrogens is 230 g/mol. The predicted octanol–water partition coefficient (Wildman–Crippen LogP) is 0.786. The Hall–Kier alpha value is -1.62. The van der Waals surface area contributed by atoms with Gasteiger partial charge in [0.2, 0.25) is 0 Å². The number of amides is 1. The van der Waals surface area contributed by atoms with Crippen molar-refractivity contribution in [3.63, 3.8) is 0 Å². The van der Waals surface area contributed by atoms with Crippen LogP contribution in [0.1, 0.15) is 16.2 Å². The third-order valence-corrected chi connectivity index (χ3v) is 3.27. The maximum absolute atomic E-state index is 12.3. The van der Waals surface area contributed by atoms with Crippen molar-refractivity contribution in [3.8, 4) is 5.75 Å². The summed E-state index contributed by atoms with van der Waals surface area (Å²) in [4.78, 5) is 20.6. The number of rotatable bonds is 2. The summed E-state index contributed by atoms with van der Waals surface area (Å²) in [5.41, 5.74) is 1.25. The van der Waals surface area contributed by atoms with Crippen LogP contribution in [-0.4, -0.2) is 61.0 Å². The average Bonchev–Trinajstić information content (AvgIpc) is 2.38. The third-order valence-electron chi connectivity index (χ3n) is 3.27. The fourth-order valence-corrected chi connectivity index (χ4v) is 2.05. The van der Waals surface area contributed by atoms with Gasteiger partial charge in [-0.3, -0.25) is 4.79 Å². The summed E-state index contributed by atoms with van der Waals surface area (Å²) < 4.78 is 5.15. The molecule has 1 fully saturated rings. The number of aromatic nitrogens is 1. The standard InChI is InChI=1S/C13H19N3O2/c1-10-12(18-3)5-4-11(14-10)13(17)16-8-6-15(2)7-9-16/h4-5H,6-9H2,1-3H3. The van der Waals surface area contributed by atoms with Crippen LogP contribution < -0.4 is 4.74 Å². The number of hydrogen-bond acceptors (Lipinski definition) is 4. The molecule has 1 aromatic rings. The number of hydrogen-bond donors (Lipinski definition) is 0. The molecular formula is C13H19N3O2. The van der Waals surface area contributed by atoms with Gasteiger partial charge in [-0.15, -0.1) is 0 Å². The Morgan fingerprint density at radius 3 is 2.50 bits per heavy atom. The van der Waals surface area contributed by atoms with E-state index < -0.39 is 0 Å². The van der Waals surface area contributed by atoms with Crippen molar-refractivity contribution in [1.82, 2.24) is 14.8 Å². The second-order valence-corrected chi connectivity index (χ2v) is 4.58. The zero-order valence-corrected chi connectivity index (χ0v) is 11.1. The first kappa shape index (κ1) is 12.8. The molecule has 18 heavy (non-hydrogen) atoms. The highest BCUT2D eigenvalue weighted by Gasteiger charge is 2.21. The van der Waals surface area contributed by atoms with Gasteiger partial charge in [-0.2, -0.15) is 0 Å². The maximum atomic E-state index is 12.3. The Morgan fingerprint density at radius 1 is 1.28 bits per heavy atom. The van der Waals surface area contributed by atoms with E-state index in [9.17, 15) is 4.79 Å². The number of methoxy groups -OCH3 is 1. The van der Waals surface area contributed by atoms with E-state index in [1.165, 1.54) is 0 Å². The Bertz CT molecular complexity index is 440. The van der Waals surface area contributed by atoms with Crippen LogP contribution in [0, 0.1) is 6.92 Å². The highest BCUT2D eigenvalue weighted by molar-refractivity contribution is 5.92. The van der Waals surface area contributed by atoms with Crippen LogP contribution in [0.5, 0.6) is 5.75 Å². The Kier molecular flexibility index (Phi) is 3.81. The van der Waals surface area contributed by atoms with Crippen LogP contribution in [0.2, 0.25) is 0 Å². The molecule has 2 heterocycles. The van der Waals surface area contributed by atoms with Crippen molar-refractivity contribution >= 4 is 5.91 Å². The maximum Gasteiger partial charge on any atom is 0.272 e. The minimum absolute atomic E-state index is 0.00820. The van der Waals surface area contributed by atoms with E-state index >= 15 is 0 Å². The topological polar surface area (TPSA) is 45.7 Å². The zero-order valence-electron chi connectivity index (χ0n) is 11.1. The molecule has 0 spiro atoms. The van der Waals surface area contributed by atoms with E-state index in [2.05, 4.69) is 16.9 Å². The van der Waals surface area contributed by atoms with Gasteiger partial charge in [0, 0.05) is 26.2 Å². The highest BCUT2D eigenvalue weighted by Crippen LogP contribution is 2.16. The van der Waals surface area contributed by atoms with E-state index in [0.29, 0.717) is 11.4 Å². The van der Waals surface area contributed by atoms with Gasteiger partial charge < -0.3 is 14.5 Å². The summed E-state index contributed by atoms with van der Waals surface area (Å²) in [6.45, 7) is 5.21. The van der Waals surface area contributed by atoms with E-state index in [1.807, 2.05) is 11.8 Å². The molecule has 5 heteroatoms. The van der Waals surface area contributed by atoms with Crippen LogP contribution in [0.15, 0.2) is 12.1 Å². The normalized spacial score (nSPS) is 16.7. The molecule has 1 aliphatic rings. The molecule has 0 aliphatic carbocycles. The molecule has 5 nitrogen and oxygen atoms in total. The average molecular weight is 249 g/mol. The fourth-order valence-electron chi connectivity index (χ4n) is 2.05. The van der Waals surface area contributed by atoms with Crippen LogP contribution in [-0.2, 0) is 0 Å². The molecule has 1 saturated heterocycles. The van der Waals surface area contributed by atoms with Gasteiger partial charge in [0.05, 0.1) is 12.8 Å². The number of carbonyl (C=O) groups excluding carboxylic acids is 1. The predicted molar refractivity (Wildman–Crippen MR) is 68.9 cm³/mol. The summed E-state index contributed by atoms with van der Waals surface area (Å²) in [5.74, 6) is 0.721. The van der Waals surface area contributed by atoms with Gasteiger partial charge in [0.25, 0.3) is 5.91 Å². The van der Waals surface area contributed by atoms with Crippen LogP contribution in [0.3, 0.4) is 0 Å². The van der Waals surface area contributed by atoms with Crippen molar-refractivity contribution in [2.75, 3.05) is 40.3 Å². The van der Waals surface area contributed by atoms with Crippen molar-refractivity contribution < 1.29 is 9.53 Å². The number of carbonyl (C=O) groups is 1.